The maximum Gasteiger partial charge on any atom is 0.115 e. The molecule has 2 aliphatic heterocycles. The maximum absolute atomic E-state index is 3.81. The molecular formula is C9H7N7. The highest BCUT2D eigenvalue weighted by atomic mass is 15.3. The summed E-state index contributed by atoms with van der Waals surface area (Å²) in [6, 6.07) is 1.72. The highest BCUT2D eigenvalue weighted by Crippen LogP contribution is 2.19. The van der Waals surface area contributed by atoms with Crippen molar-refractivity contribution in [3.05, 3.63) is 54.4 Å². The first-order valence-corrected chi connectivity index (χ1v) is 4.44. The molecule has 7 heteroatoms. The van der Waals surface area contributed by atoms with E-state index in [2.05, 4.69) is 35.9 Å². The zero-order valence-electron chi connectivity index (χ0n) is 8.17. The van der Waals surface area contributed by atoms with Crippen LogP contribution in [0.3, 0.4) is 0 Å². The molecule has 0 fully saturated rings. The molecule has 3 rings (SSSR count). The molecule has 0 saturated carbocycles. The van der Waals surface area contributed by atoms with E-state index in [0.717, 1.165) is 11.4 Å². The summed E-state index contributed by atoms with van der Waals surface area (Å²) in [4.78, 5) is 0. The van der Waals surface area contributed by atoms with Crippen LogP contribution in [0.4, 0.5) is 0 Å². The van der Waals surface area contributed by atoms with E-state index in [1.165, 1.54) is 0 Å². The Balaban J connectivity index is 0.000000138. The molecule has 7 nitrogen and oxygen atoms in total. The Morgan fingerprint density at radius 3 is 1.56 bits per heavy atom. The van der Waals surface area contributed by atoms with Crippen molar-refractivity contribution in [2.45, 2.75) is 0 Å². The molecule has 3 heterocycles. The van der Waals surface area contributed by atoms with Gasteiger partial charge in [0.1, 0.15) is 11.4 Å². The molecule has 0 amide bonds. The Labute approximate surface area is 91.0 Å². The Morgan fingerprint density at radius 2 is 1.31 bits per heavy atom. The van der Waals surface area contributed by atoms with Crippen LogP contribution >= 0.6 is 0 Å². The third kappa shape index (κ3) is 2.71. The molecule has 0 radical (unpaired) electrons. The topological polar surface area (TPSA) is 88.1 Å². The summed E-state index contributed by atoms with van der Waals surface area (Å²) in [5.74, 6) is 0. The highest BCUT2D eigenvalue weighted by Gasteiger charge is 2.04. The Hall–Kier alpha value is -2.57. The average Bonchev–Trinajstić information content (AvgIpc) is 3.05. The van der Waals surface area contributed by atoms with Gasteiger partial charge in [0.05, 0.1) is 24.8 Å². The first kappa shape index (κ1) is 9.97. The second-order valence-corrected chi connectivity index (χ2v) is 2.64. The van der Waals surface area contributed by atoms with Crippen molar-refractivity contribution in [2.24, 2.45) is 20.5 Å². The molecule has 0 N–H and O–H groups in total. The van der Waals surface area contributed by atoms with E-state index in [1.54, 1.807) is 43.0 Å². The first-order chi connectivity index (χ1) is 7.97. The van der Waals surface area contributed by atoms with Crippen LogP contribution in [0.25, 0.3) is 0 Å². The number of nitrogens with zero attached hydrogens (tertiary/aromatic N) is 7. The third-order valence-electron chi connectivity index (χ3n) is 1.60. The second-order valence-electron chi connectivity index (χ2n) is 2.64. The third-order valence-corrected chi connectivity index (χ3v) is 1.60. The Kier molecular flexibility index (Phi) is 3.33. The molecule has 0 aliphatic carbocycles. The number of hydrogen-bond donors (Lipinski definition) is 0. The van der Waals surface area contributed by atoms with Gasteiger partial charge in [0.15, 0.2) is 0 Å². The lowest BCUT2D eigenvalue weighted by Crippen LogP contribution is -1.78. The predicted molar refractivity (Wildman–Crippen MR) is 54.8 cm³/mol. The van der Waals surface area contributed by atoms with Gasteiger partial charge in [-0.3, -0.25) is 0 Å². The normalized spacial score (nSPS) is 20.0. The molecule has 0 unspecified atom stereocenters. The maximum atomic E-state index is 3.81. The summed E-state index contributed by atoms with van der Waals surface area (Å²) in [6.07, 6.45) is 10.0. The van der Waals surface area contributed by atoms with E-state index in [-0.39, 0.29) is 0 Å². The van der Waals surface area contributed by atoms with Crippen molar-refractivity contribution in [3.8, 4) is 0 Å². The molecule has 0 atom stereocenters. The summed E-state index contributed by atoms with van der Waals surface area (Å²) in [6.45, 7) is 0. The first-order valence-electron chi connectivity index (χ1n) is 4.44. The molecule has 78 valence electrons. The largest absolute Gasteiger partial charge is 0.158 e. The van der Waals surface area contributed by atoms with Gasteiger partial charge in [0, 0.05) is 0 Å². The number of azo groups is 2. The van der Waals surface area contributed by atoms with Gasteiger partial charge >= 0.3 is 0 Å². The van der Waals surface area contributed by atoms with Gasteiger partial charge in [-0.1, -0.05) is 0 Å². The molecule has 2 aliphatic rings. The molecule has 0 saturated heterocycles. The number of rotatable bonds is 0. The van der Waals surface area contributed by atoms with Gasteiger partial charge in [0.25, 0.3) is 0 Å². The van der Waals surface area contributed by atoms with Gasteiger partial charge in [0.2, 0.25) is 0 Å². The summed E-state index contributed by atoms with van der Waals surface area (Å²) in [7, 11) is 0. The fraction of sp³-hybridized carbons (Fsp3) is 0. The van der Waals surface area contributed by atoms with Crippen LogP contribution in [-0.4, -0.2) is 15.4 Å². The zero-order valence-corrected chi connectivity index (χ0v) is 8.17. The van der Waals surface area contributed by atoms with Crippen molar-refractivity contribution < 1.29 is 0 Å². The van der Waals surface area contributed by atoms with Crippen molar-refractivity contribution in [2.75, 3.05) is 0 Å². The molecule has 0 aromatic carbocycles. The fourth-order valence-electron chi connectivity index (χ4n) is 0.944. The molecule has 0 bridgehead atoms. The average molecular weight is 213 g/mol. The van der Waals surface area contributed by atoms with Crippen LogP contribution in [-0.2, 0) is 0 Å². The molecule has 0 spiro atoms. The van der Waals surface area contributed by atoms with Crippen molar-refractivity contribution >= 4 is 0 Å². The summed E-state index contributed by atoms with van der Waals surface area (Å²) < 4.78 is 0. The zero-order chi connectivity index (χ0) is 11.1. The van der Waals surface area contributed by atoms with Crippen LogP contribution in [0.2, 0.25) is 0 Å². The van der Waals surface area contributed by atoms with Crippen LogP contribution < -0.4 is 0 Å². The van der Waals surface area contributed by atoms with Crippen molar-refractivity contribution in [1.29, 1.82) is 0 Å². The monoisotopic (exact) mass is 213 g/mol. The van der Waals surface area contributed by atoms with E-state index in [4.69, 9.17) is 0 Å². The standard InChI is InChI=1S/C6H4N4.C3H3N3/c1-3-7-9-5(1)6-2-4-8-10-6;1-2-4-6-5-3-1/h1-4H;1-3H. The minimum absolute atomic E-state index is 0.775. The summed E-state index contributed by atoms with van der Waals surface area (Å²) in [5, 5.41) is 25.1. The van der Waals surface area contributed by atoms with E-state index >= 15 is 0 Å². The number of allylic oxidation sites excluding steroid dienone is 2. The molecular weight excluding hydrogens is 206 g/mol. The fourth-order valence-corrected chi connectivity index (χ4v) is 0.944. The Morgan fingerprint density at radius 1 is 0.750 bits per heavy atom. The lowest BCUT2D eigenvalue weighted by Gasteiger charge is -1.85. The van der Waals surface area contributed by atoms with Gasteiger partial charge in [-0.05, 0) is 23.4 Å². The minimum Gasteiger partial charge on any atom is -0.158 e. The van der Waals surface area contributed by atoms with Crippen LogP contribution in [0, 0.1) is 0 Å². The van der Waals surface area contributed by atoms with Crippen LogP contribution in [0.1, 0.15) is 0 Å². The molecule has 1 aromatic heterocycles. The highest BCUT2D eigenvalue weighted by molar-refractivity contribution is 5.34. The minimum atomic E-state index is 0.775. The molecule has 1 aromatic rings. The van der Waals surface area contributed by atoms with Crippen LogP contribution in [0.15, 0.2) is 74.9 Å². The summed E-state index contributed by atoms with van der Waals surface area (Å²) >= 11 is 0. The molecule has 16 heavy (non-hydrogen) atoms. The van der Waals surface area contributed by atoms with E-state index in [1.807, 2.05) is 0 Å². The number of aromatic nitrogens is 3. The lowest BCUT2D eigenvalue weighted by atomic mass is 10.3. The smallest absolute Gasteiger partial charge is 0.115 e. The summed E-state index contributed by atoms with van der Waals surface area (Å²) in [5.41, 5.74) is 1.55. The van der Waals surface area contributed by atoms with E-state index in [0.29, 0.717) is 0 Å². The lowest BCUT2D eigenvalue weighted by molar-refractivity contribution is 0.865. The van der Waals surface area contributed by atoms with E-state index < -0.39 is 0 Å². The predicted octanol–water partition coefficient (Wildman–Crippen LogP) is 2.03. The number of hydrogen-bond acceptors (Lipinski definition) is 7. The SMILES string of the molecule is C1=CC(=C2C=CN=N2)N=N1.c1cnnnc1. The van der Waals surface area contributed by atoms with Gasteiger partial charge in [-0.2, -0.15) is 10.2 Å². The van der Waals surface area contributed by atoms with Crippen molar-refractivity contribution in [3.63, 3.8) is 0 Å². The van der Waals surface area contributed by atoms with Crippen molar-refractivity contribution in [1.82, 2.24) is 15.4 Å². The van der Waals surface area contributed by atoms with Gasteiger partial charge < -0.3 is 0 Å². The van der Waals surface area contributed by atoms with Gasteiger partial charge in [-0.15, -0.1) is 20.4 Å². The van der Waals surface area contributed by atoms with E-state index in [9.17, 15) is 0 Å². The van der Waals surface area contributed by atoms with Gasteiger partial charge in [-0.25, -0.2) is 0 Å². The second kappa shape index (κ2) is 5.35. The quantitative estimate of drug-likeness (QED) is 0.660. The van der Waals surface area contributed by atoms with Crippen LogP contribution in [0.5, 0.6) is 0 Å². The Bertz CT molecular complexity index is 399.